The van der Waals surface area contributed by atoms with Crippen LogP contribution in [0.15, 0.2) is 60.7 Å². The number of benzene rings is 1. The van der Waals surface area contributed by atoms with Crippen LogP contribution in [0.2, 0.25) is 0 Å². The lowest BCUT2D eigenvalue weighted by Crippen LogP contribution is -2.06. The first-order valence-electron chi connectivity index (χ1n) is 11.1. The first-order valence-corrected chi connectivity index (χ1v) is 11.1. The van der Waals surface area contributed by atoms with E-state index in [-0.39, 0.29) is 17.5 Å². The molecule has 1 fully saturated rings. The molecule has 0 radical (unpaired) electrons. The van der Waals surface area contributed by atoms with Gasteiger partial charge in [-0.1, -0.05) is 77.1 Å². The summed E-state index contributed by atoms with van der Waals surface area (Å²) in [4.78, 5) is 11.5. The van der Waals surface area contributed by atoms with E-state index in [9.17, 15) is 9.18 Å². The molecule has 29 heavy (non-hydrogen) atoms. The number of carbonyl (C=O) groups is 1. The fourth-order valence-electron chi connectivity index (χ4n) is 4.17. The Morgan fingerprint density at radius 3 is 2.31 bits per heavy atom. The molecule has 0 bridgehead atoms. The summed E-state index contributed by atoms with van der Waals surface area (Å²) in [6.07, 6.45) is 14.2. The number of hydrogen-bond donors (Lipinski definition) is 0. The van der Waals surface area contributed by atoms with E-state index in [0.717, 1.165) is 24.3 Å². The predicted molar refractivity (Wildman–Crippen MR) is 124 cm³/mol. The van der Waals surface area contributed by atoms with Crippen LogP contribution in [-0.2, 0) is 4.79 Å². The summed E-state index contributed by atoms with van der Waals surface area (Å²) < 4.78 is 12.8. The molecule has 0 aliphatic heterocycles. The van der Waals surface area contributed by atoms with Crippen LogP contribution < -0.4 is 0 Å². The highest BCUT2D eigenvalue weighted by Gasteiger charge is 2.50. The lowest BCUT2D eigenvalue weighted by atomic mass is 9.89. The molecule has 1 aliphatic rings. The van der Waals surface area contributed by atoms with Crippen molar-refractivity contribution in [3.8, 4) is 0 Å². The van der Waals surface area contributed by atoms with Gasteiger partial charge in [0.1, 0.15) is 11.6 Å². The fourth-order valence-corrected chi connectivity index (χ4v) is 4.17. The smallest absolute Gasteiger partial charge is 0.133 e. The number of rotatable bonds is 10. The minimum Gasteiger partial charge on any atom is -0.300 e. The van der Waals surface area contributed by atoms with Gasteiger partial charge in [0.25, 0.3) is 0 Å². The van der Waals surface area contributed by atoms with Gasteiger partial charge < -0.3 is 0 Å². The summed E-state index contributed by atoms with van der Waals surface area (Å²) in [7, 11) is 0. The lowest BCUT2D eigenvalue weighted by Gasteiger charge is -2.15. The fraction of sp³-hybridized carbons (Fsp3) is 0.519. The Balaban J connectivity index is 0.000000296. The zero-order valence-corrected chi connectivity index (χ0v) is 19.0. The summed E-state index contributed by atoms with van der Waals surface area (Å²) >= 11 is 0. The minimum absolute atomic E-state index is 0.221. The molecule has 2 heteroatoms. The summed E-state index contributed by atoms with van der Waals surface area (Å²) in [5.41, 5.74) is 3.01. The van der Waals surface area contributed by atoms with Gasteiger partial charge in [-0.05, 0) is 66.7 Å². The first-order chi connectivity index (χ1) is 13.9. The van der Waals surface area contributed by atoms with Gasteiger partial charge in [0, 0.05) is 12.8 Å². The van der Waals surface area contributed by atoms with Crippen LogP contribution in [0.4, 0.5) is 4.39 Å². The molecule has 1 aliphatic carbocycles. The normalized spacial score (nSPS) is 22.0. The Labute approximate surface area is 177 Å². The SMILES string of the molecule is C=C/C=C(\C=C/C)C1(CC)CC1C.CCCC(CC(=O)CC)c1ccc(F)cc1. The van der Waals surface area contributed by atoms with Crippen LogP contribution >= 0.6 is 0 Å². The van der Waals surface area contributed by atoms with E-state index in [1.54, 1.807) is 12.1 Å². The van der Waals surface area contributed by atoms with Crippen LogP contribution in [0, 0.1) is 17.2 Å². The predicted octanol–water partition coefficient (Wildman–Crippen LogP) is 8.19. The number of halogens is 1. The van der Waals surface area contributed by atoms with Crippen LogP contribution in [0.1, 0.15) is 84.6 Å². The van der Waals surface area contributed by atoms with Crippen LogP contribution in [0.25, 0.3) is 0 Å². The average Bonchev–Trinajstić information content (AvgIpc) is 3.39. The summed E-state index contributed by atoms with van der Waals surface area (Å²) in [5, 5.41) is 0. The number of Topliss-reactive ketones (excluding diaryl/α,β-unsaturated/α-hetero) is 1. The van der Waals surface area contributed by atoms with Gasteiger partial charge in [0.05, 0.1) is 0 Å². The van der Waals surface area contributed by atoms with Crippen molar-refractivity contribution in [1.29, 1.82) is 0 Å². The van der Waals surface area contributed by atoms with Crippen molar-refractivity contribution in [1.82, 2.24) is 0 Å². The zero-order chi connectivity index (χ0) is 21.9. The maximum absolute atomic E-state index is 12.8. The van der Waals surface area contributed by atoms with Crippen LogP contribution in [0.5, 0.6) is 0 Å². The van der Waals surface area contributed by atoms with E-state index < -0.39 is 0 Å². The molecule has 160 valence electrons. The molecule has 0 aromatic heterocycles. The molecule has 0 N–H and O–H groups in total. The van der Waals surface area contributed by atoms with Crippen molar-refractivity contribution in [3.05, 3.63) is 72.1 Å². The molecular weight excluding hydrogens is 359 g/mol. The maximum Gasteiger partial charge on any atom is 0.133 e. The van der Waals surface area contributed by atoms with Gasteiger partial charge in [-0.3, -0.25) is 4.79 Å². The molecule has 3 atom stereocenters. The Hall–Kier alpha value is -1.96. The number of carbonyl (C=O) groups excluding carboxylic acids is 1. The van der Waals surface area contributed by atoms with Gasteiger partial charge in [-0.2, -0.15) is 0 Å². The third kappa shape index (κ3) is 7.42. The molecule has 1 aromatic carbocycles. The highest BCUT2D eigenvalue weighted by molar-refractivity contribution is 5.78. The largest absolute Gasteiger partial charge is 0.300 e. The molecule has 0 saturated heterocycles. The number of hydrogen-bond acceptors (Lipinski definition) is 1. The van der Waals surface area contributed by atoms with Crippen LogP contribution in [-0.4, -0.2) is 5.78 Å². The van der Waals surface area contributed by atoms with E-state index in [0.29, 0.717) is 18.3 Å². The van der Waals surface area contributed by atoms with E-state index in [1.165, 1.54) is 30.5 Å². The Morgan fingerprint density at radius 2 is 1.90 bits per heavy atom. The molecule has 0 spiro atoms. The molecule has 1 nitrogen and oxygen atoms in total. The van der Waals surface area contributed by atoms with Crippen molar-refractivity contribution >= 4 is 5.78 Å². The summed E-state index contributed by atoms with van der Waals surface area (Å²) in [5.74, 6) is 1.15. The minimum atomic E-state index is -0.221. The molecule has 3 unspecified atom stereocenters. The average molecular weight is 399 g/mol. The van der Waals surface area contributed by atoms with Gasteiger partial charge in [0.15, 0.2) is 0 Å². The van der Waals surface area contributed by atoms with Crippen molar-refractivity contribution in [2.75, 3.05) is 0 Å². The molecule has 0 heterocycles. The van der Waals surface area contributed by atoms with Gasteiger partial charge in [0.2, 0.25) is 0 Å². The third-order valence-electron chi connectivity index (χ3n) is 6.15. The van der Waals surface area contributed by atoms with Gasteiger partial charge in [-0.15, -0.1) is 0 Å². The van der Waals surface area contributed by atoms with E-state index in [2.05, 4.69) is 52.5 Å². The third-order valence-corrected chi connectivity index (χ3v) is 6.15. The first kappa shape index (κ1) is 25.1. The summed E-state index contributed by atoms with van der Waals surface area (Å²) in [6, 6.07) is 6.51. The number of allylic oxidation sites excluding steroid dienone is 5. The highest BCUT2D eigenvalue weighted by atomic mass is 19.1. The summed E-state index contributed by atoms with van der Waals surface area (Å²) in [6.45, 7) is 14.5. The molecule has 0 amide bonds. The second-order valence-electron chi connectivity index (χ2n) is 8.11. The second kappa shape index (κ2) is 12.6. The highest BCUT2D eigenvalue weighted by Crippen LogP contribution is 2.60. The Bertz CT molecular complexity index is 694. The molecule has 1 aromatic rings. The molecule has 1 saturated carbocycles. The Kier molecular flexibility index (Phi) is 10.9. The maximum atomic E-state index is 12.8. The lowest BCUT2D eigenvalue weighted by molar-refractivity contribution is -0.119. The van der Waals surface area contributed by atoms with Crippen molar-refractivity contribution in [2.24, 2.45) is 11.3 Å². The van der Waals surface area contributed by atoms with Gasteiger partial charge >= 0.3 is 0 Å². The van der Waals surface area contributed by atoms with E-state index >= 15 is 0 Å². The van der Waals surface area contributed by atoms with Crippen molar-refractivity contribution in [2.45, 2.75) is 79.1 Å². The van der Waals surface area contributed by atoms with E-state index in [1.807, 2.05) is 13.0 Å². The topological polar surface area (TPSA) is 17.1 Å². The Morgan fingerprint density at radius 1 is 1.28 bits per heavy atom. The zero-order valence-electron chi connectivity index (χ0n) is 19.0. The van der Waals surface area contributed by atoms with Crippen LogP contribution in [0.3, 0.4) is 0 Å². The standard InChI is InChI=1S/C14H19FO.C13H20/c1-3-5-12(10-14(16)4-2)11-6-8-13(15)9-7-11;1-5-8-12(9-6-2)13(7-3)10-11(13)4/h6-9,12H,3-5,10H2,1-2H3;5-6,8-9,11H,1,7,10H2,2-4H3/b;9-6-,12-8+. The molecule has 2 rings (SSSR count). The monoisotopic (exact) mass is 398 g/mol. The quantitative estimate of drug-likeness (QED) is 0.363. The second-order valence-corrected chi connectivity index (χ2v) is 8.11. The van der Waals surface area contributed by atoms with Gasteiger partial charge in [-0.25, -0.2) is 4.39 Å². The van der Waals surface area contributed by atoms with Crippen molar-refractivity contribution < 1.29 is 9.18 Å². The number of ketones is 1. The molecular formula is C27H39FO. The van der Waals surface area contributed by atoms with Crippen molar-refractivity contribution in [3.63, 3.8) is 0 Å². The van der Waals surface area contributed by atoms with E-state index in [4.69, 9.17) is 0 Å².